The number of hydrogen-bond donors (Lipinski definition) is 2. The van der Waals surface area contributed by atoms with Gasteiger partial charge in [0.25, 0.3) is 0 Å². The van der Waals surface area contributed by atoms with Gasteiger partial charge in [-0.25, -0.2) is 17.5 Å². The molecule has 27 heavy (non-hydrogen) atoms. The molecule has 0 saturated carbocycles. The third-order valence-corrected chi connectivity index (χ3v) is 6.22. The van der Waals surface area contributed by atoms with E-state index in [9.17, 15) is 17.6 Å². The summed E-state index contributed by atoms with van der Waals surface area (Å²) < 4.78 is 40.5. The topological polar surface area (TPSA) is 75.3 Å². The van der Waals surface area contributed by atoms with Gasteiger partial charge in [-0.15, -0.1) is 0 Å². The van der Waals surface area contributed by atoms with Crippen LogP contribution < -0.4 is 10.0 Å². The molecule has 2 aromatic carbocycles. The lowest BCUT2D eigenvalue weighted by Crippen LogP contribution is -2.31. The maximum atomic E-state index is 13.2. The smallest absolute Gasteiger partial charge is 0.240 e. The maximum Gasteiger partial charge on any atom is 0.240 e. The first-order valence-electron chi connectivity index (χ1n) is 8.46. The Labute approximate surface area is 167 Å². The van der Waals surface area contributed by atoms with E-state index in [0.717, 1.165) is 16.7 Å². The molecule has 146 valence electrons. The van der Waals surface area contributed by atoms with Gasteiger partial charge in [0.2, 0.25) is 15.9 Å². The number of carbonyl (C=O) groups is 1. The molecule has 8 heteroatoms. The predicted octanol–water partition coefficient (Wildman–Crippen LogP) is 3.23. The van der Waals surface area contributed by atoms with Gasteiger partial charge in [-0.05, 0) is 77.2 Å². The second-order valence-corrected chi connectivity index (χ2v) is 8.86. The molecule has 1 amide bonds. The number of aryl methyl sites for hydroxylation is 2. The number of halogens is 2. The summed E-state index contributed by atoms with van der Waals surface area (Å²) in [5.41, 5.74) is 2.79. The fourth-order valence-electron chi connectivity index (χ4n) is 2.39. The molecule has 0 atom stereocenters. The zero-order valence-electron chi connectivity index (χ0n) is 15.2. The predicted molar refractivity (Wildman–Crippen MR) is 107 cm³/mol. The molecule has 0 unspecified atom stereocenters. The molecule has 0 heterocycles. The lowest BCUT2D eigenvalue weighted by molar-refractivity contribution is -0.120. The fourth-order valence-corrected chi connectivity index (χ4v) is 3.94. The molecule has 0 spiro atoms. The first-order chi connectivity index (χ1) is 12.7. The summed E-state index contributed by atoms with van der Waals surface area (Å²) in [6.45, 7) is 4.17. The molecule has 2 N–H and O–H groups in total. The van der Waals surface area contributed by atoms with E-state index in [4.69, 9.17) is 0 Å². The minimum atomic E-state index is -3.64. The summed E-state index contributed by atoms with van der Waals surface area (Å²) in [7, 11) is -3.64. The summed E-state index contributed by atoms with van der Waals surface area (Å²) in [6, 6.07) is 9.60. The van der Waals surface area contributed by atoms with Crippen molar-refractivity contribution in [2.24, 2.45) is 0 Å². The highest BCUT2D eigenvalue weighted by Crippen LogP contribution is 2.17. The SMILES string of the molecule is Cc1ccc(S(=O)(=O)NCCC(=O)NCCc2ccc(F)c(Br)c2)cc1C. The van der Waals surface area contributed by atoms with E-state index in [-0.39, 0.29) is 29.6 Å². The van der Waals surface area contributed by atoms with Crippen LogP contribution in [-0.4, -0.2) is 27.4 Å². The van der Waals surface area contributed by atoms with Crippen LogP contribution in [0.1, 0.15) is 23.1 Å². The van der Waals surface area contributed by atoms with Crippen molar-refractivity contribution in [1.29, 1.82) is 0 Å². The van der Waals surface area contributed by atoms with E-state index >= 15 is 0 Å². The van der Waals surface area contributed by atoms with Crippen LogP contribution in [0.15, 0.2) is 45.8 Å². The normalized spacial score (nSPS) is 11.4. The Balaban J connectivity index is 1.76. The van der Waals surface area contributed by atoms with Gasteiger partial charge in [-0.3, -0.25) is 4.79 Å². The molecule has 0 saturated heterocycles. The van der Waals surface area contributed by atoms with Crippen LogP contribution >= 0.6 is 15.9 Å². The van der Waals surface area contributed by atoms with Crippen LogP contribution in [0.4, 0.5) is 4.39 Å². The molecule has 0 aliphatic rings. The van der Waals surface area contributed by atoms with Gasteiger partial charge in [0.15, 0.2) is 0 Å². The molecule has 0 radical (unpaired) electrons. The molecular weight excluding hydrogens is 435 g/mol. The van der Waals surface area contributed by atoms with Crippen LogP contribution in [0.3, 0.4) is 0 Å². The van der Waals surface area contributed by atoms with Crippen LogP contribution in [0.5, 0.6) is 0 Å². The second kappa shape index (κ2) is 9.43. The highest BCUT2D eigenvalue weighted by Gasteiger charge is 2.14. The van der Waals surface area contributed by atoms with Gasteiger partial charge >= 0.3 is 0 Å². The highest BCUT2D eigenvalue weighted by molar-refractivity contribution is 9.10. The zero-order valence-corrected chi connectivity index (χ0v) is 17.6. The van der Waals surface area contributed by atoms with Crippen LogP contribution in [0.25, 0.3) is 0 Å². The molecule has 2 aromatic rings. The second-order valence-electron chi connectivity index (χ2n) is 6.24. The summed E-state index contributed by atoms with van der Waals surface area (Å²) in [5.74, 6) is -0.585. The van der Waals surface area contributed by atoms with Crippen LogP contribution in [0.2, 0.25) is 0 Å². The number of amides is 1. The number of nitrogens with one attached hydrogen (secondary N) is 2. The van der Waals surface area contributed by atoms with Crippen molar-refractivity contribution in [2.75, 3.05) is 13.1 Å². The fraction of sp³-hybridized carbons (Fsp3) is 0.316. The molecular formula is C19H22BrFN2O3S. The lowest BCUT2D eigenvalue weighted by atomic mass is 10.1. The van der Waals surface area contributed by atoms with Gasteiger partial charge in [-0.2, -0.15) is 0 Å². The summed E-state index contributed by atoms with van der Waals surface area (Å²) in [4.78, 5) is 12.0. The van der Waals surface area contributed by atoms with E-state index < -0.39 is 10.0 Å². The quantitative estimate of drug-likeness (QED) is 0.639. The molecule has 2 rings (SSSR count). The van der Waals surface area contributed by atoms with Crippen molar-refractivity contribution < 1.29 is 17.6 Å². The Morgan fingerprint density at radius 1 is 1.07 bits per heavy atom. The number of hydrogen-bond acceptors (Lipinski definition) is 3. The first-order valence-corrected chi connectivity index (χ1v) is 10.7. The average molecular weight is 457 g/mol. The third kappa shape index (κ3) is 6.41. The van der Waals surface area contributed by atoms with Crippen molar-refractivity contribution in [2.45, 2.75) is 31.6 Å². The molecule has 5 nitrogen and oxygen atoms in total. The maximum absolute atomic E-state index is 13.2. The van der Waals surface area contributed by atoms with Gasteiger partial charge in [-0.1, -0.05) is 12.1 Å². The van der Waals surface area contributed by atoms with Crippen molar-refractivity contribution in [3.05, 3.63) is 63.4 Å². The molecule has 0 aliphatic heterocycles. The van der Waals surface area contributed by atoms with E-state index in [1.165, 1.54) is 6.07 Å². The largest absolute Gasteiger partial charge is 0.356 e. The highest BCUT2D eigenvalue weighted by atomic mass is 79.9. The number of sulfonamides is 1. The Bertz CT molecular complexity index is 933. The van der Waals surface area contributed by atoms with E-state index in [1.807, 2.05) is 13.8 Å². The number of benzene rings is 2. The number of carbonyl (C=O) groups excluding carboxylic acids is 1. The molecule has 0 aromatic heterocycles. The van der Waals surface area contributed by atoms with E-state index in [1.54, 1.807) is 30.3 Å². The van der Waals surface area contributed by atoms with Crippen molar-refractivity contribution >= 4 is 31.9 Å². The van der Waals surface area contributed by atoms with E-state index in [0.29, 0.717) is 17.4 Å². The first kappa shape index (κ1) is 21.5. The van der Waals surface area contributed by atoms with Crippen LogP contribution in [0, 0.1) is 19.7 Å². The Hall–Kier alpha value is -1.77. The zero-order chi connectivity index (χ0) is 20.0. The van der Waals surface area contributed by atoms with Crippen molar-refractivity contribution in [3.63, 3.8) is 0 Å². The Morgan fingerprint density at radius 3 is 2.48 bits per heavy atom. The third-order valence-electron chi connectivity index (χ3n) is 4.15. The van der Waals surface area contributed by atoms with Gasteiger partial charge in [0, 0.05) is 19.5 Å². The molecule has 0 aliphatic carbocycles. The summed E-state index contributed by atoms with van der Waals surface area (Å²) in [5, 5.41) is 2.73. The van der Waals surface area contributed by atoms with Crippen LogP contribution in [-0.2, 0) is 21.2 Å². The summed E-state index contributed by atoms with van der Waals surface area (Å²) >= 11 is 3.12. The van der Waals surface area contributed by atoms with Gasteiger partial charge in [0.1, 0.15) is 5.82 Å². The van der Waals surface area contributed by atoms with Crippen molar-refractivity contribution in [3.8, 4) is 0 Å². The number of rotatable bonds is 8. The minimum Gasteiger partial charge on any atom is -0.356 e. The Kier molecular flexibility index (Phi) is 7.52. The van der Waals surface area contributed by atoms with Crippen molar-refractivity contribution in [1.82, 2.24) is 10.0 Å². The van der Waals surface area contributed by atoms with Gasteiger partial charge in [0.05, 0.1) is 9.37 Å². The molecule has 0 fully saturated rings. The minimum absolute atomic E-state index is 0.0171. The van der Waals surface area contributed by atoms with E-state index in [2.05, 4.69) is 26.0 Å². The summed E-state index contributed by atoms with van der Waals surface area (Å²) in [6.07, 6.45) is 0.593. The standard InChI is InChI=1S/C19H22BrFN2O3S/c1-13-3-5-16(11-14(13)2)27(25,26)23-10-8-19(24)22-9-7-15-4-6-18(21)17(20)12-15/h3-6,11-12,23H,7-10H2,1-2H3,(H,22,24). The molecule has 0 bridgehead atoms. The monoisotopic (exact) mass is 456 g/mol. The average Bonchev–Trinajstić information content (AvgIpc) is 2.60. The Morgan fingerprint density at radius 2 is 1.81 bits per heavy atom. The lowest BCUT2D eigenvalue weighted by Gasteiger charge is -2.09. The van der Waals surface area contributed by atoms with Gasteiger partial charge < -0.3 is 5.32 Å².